The van der Waals surface area contributed by atoms with Crippen LogP contribution >= 0.6 is 11.6 Å². The summed E-state index contributed by atoms with van der Waals surface area (Å²) in [5.41, 5.74) is 2.01. The van der Waals surface area contributed by atoms with Crippen LogP contribution in [-0.4, -0.2) is 57.9 Å². The molecule has 3 rings (SSSR count). The Morgan fingerprint density at radius 3 is 2.29 bits per heavy atom. The summed E-state index contributed by atoms with van der Waals surface area (Å²) in [6.07, 6.45) is 1.61. The van der Waals surface area contributed by atoms with Crippen LogP contribution in [0.15, 0.2) is 77.7 Å². The summed E-state index contributed by atoms with van der Waals surface area (Å²) >= 11 is 6.29. The number of methoxy groups -OCH3 is 1. The maximum Gasteiger partial charge on any atom is 0.264 e. The van der Waals surface area contributed by atoms with Crippen LogP contribution in [0, 0.1) is 6.92 Å². The van der Waals surface area contributed by atoms with Crippen LogP contribution in [0.4, 0.5) is 5.69 Å². The Bertz CT molecular complexity index is 1420. The molecule has 41 heavy (non-hydrogen) atoms. The van der Waals surface area contributed by atoms with Crippen LogP contribution in [0.25, 0.3) is 0 Å². The van der Waals surface area contributed by atoms with E-state index in [1.54, 1.807) is 24.3 Å². The van der Waals surface area contributed by atoms with E-state index in [-0.39, 0.29) is 33.8 Å². The number of rotatable bonds is 14. The molecule has 3 aromatic carbocycles. The smallest absolute Gasteiger partial charge is 0.264 e. The van der Waals surface area contributed by atoms with Crippen molar-refractivity contribution in [1.82, 2.24) is 10.2 Å². The van der Waals surface area contributed by atoms with Gasteiger partial charge in [0.25, 0.3) is 10.0 Å². The van der Waals surface area contributed by atoms with Gasteiger partial charge in [-0.2, -0.15) is 0 Å². The predicted molar refractivity (Wildman–Crippen MR) is 163 cm³/mol. The van der Waals surface area contributed by atoms with Gasteiger partial charge in [-0.05, 0) is 62.1 Å². The first kappa shape index (κ1) is 32.0. The fourth-order valence-electron chi connectivity index (χ4n) is 4.47. The number of hydrogen-bond acceptors (Lipinski definition) is 5. The van der Waals surface area contributed by atoms with Crippen LogP contribution in [0.3, 0.4) is 0 Å². The van der Waals surface area contributed by atoms with Crippen molar-refractivity contribution in [2.24, 2.45) is 0 Å². The van der Waals surface area contributed by atoms with Crippen molar-refractivity contribution >= 4 is 39.1 Å². The number of nitrogens with one attached hydrogen (secondary N) is 1. The molecular weight excluding hydrogens is 562 g/mol. The van der Waals surface area contributed by atoms with Gasteiger partial charge in [0.15, 0.2) is 0 Å². The SMILES string of the molecule is CCCNC(=O)[C@H](CC)N(CCc1ccccc1)C(=O)CN(c1cc(Cl)ccc1OC)S(=O)(=O)c1ccc(C)cc1. The molecule has 3 aromatic rings. The summed E-state index contributed by atoms with van der Waals surface area (Å²) in [6, 6.07) is 19.8. The lowest BCUT2D eigenvalue weighted by Crippen LogP contribution is -2.53. The third-order valence-corrected chi connectivity index (χ3v) is 8.73. The highest BCUT2D eigenvalue weighted by Crippen LogP contribution is 2.35. The fraction of sp³-hybridized carbons (Fsp3) is 0.355. The highest BCUT2D eigenvalue weighted by molar-refractivity contribution is 7.92. The lowest BCUT2D eigenvalue weighted by atomic mass is 10.1. The summed E-state index contributed by atoms with van der Waals surface area (Å²) < 4.78 is 34.6. The zero-order valence-electron chi connectivity index (χ0n) is 24.0. The minimum Gasteiger partial charge on any atom is -0.495 e. The van der Waals surface area contributed by atoms with E-state index >= 15 is 0 Å². The quantitative estimate of drug-likeness (QED) is 0.274. The standard InChI is InChI=1S/C31H38ClN3O5S/c1-5-19-33-31(37)27(6-2)34(20-18-24-10-8-7-9-11-24)30(36)22-35(28-21-25(32)14-17-29(28)40-4)41(38,39)26-15-12-23(3)13-16-26/h7-17,21,27H,5-6,18-20,22H2,1-4H3,(H,33,37)/t27-/m0/s1. The van der Waals surface area contributed by atoms with Crippen molar-refractivity contribution in [2.75, 3.05) is 31.0 Å². The molecular formula is C31H38ClN3O5S. The molecule has 10 heteroatoms. The fourth-order valence-corrected chi connectivity index (χ4v) is 6.05. The molecule has 220 valence electrons. The van der Waals surface area contributed by atoms with Gasteiger partial charge < -0.3 is 15.0 Å². The van der Waals surface area contributed by atoms with Gasteiger partial charge in [-0.25, -0.2) is 8.42 Å². The van der Waals surface area contributed by atoms with E-state index in [0.29, 0.717) is 19.4 Å². The number of amides is 2. The number of anilines is 1. The molecule has 0 saturated heterocycles. The normalized spacial score (nSPS) is 11.9. The van der Waals surface area contributed by atoms with E-state index in [9.17, 15) is 18.0 Å². The first-order chi connectivity index (χ1) is 19.6. The van der Waals surface area contributed by atoms with Crippen LogP contribution in [0.1, 0.15) is 37.8 Å². The van der Waals surface area contributed by atoms with Gasteiger partial charge in [0.1, 0.15) is 18.3 Å². The summed E-state index contributed by atoms with van der Waals surface area (Å²) in [5.74, 6) is -0.553. The average Bonchev–Trinajstić information content (AvgIpc) is 2.97. The monoisotopic (exact) mass is 599 g/mol. The Balaban J connectivity index is 2.07. The van der Waals surface area contributed by atoms with E-state index in [2.05, 4.69) is 5.32 Å². The molecule has 0 radical (unpaired) electrons. The molecule has 0 aliphatic heterocycles. The van der Waals surface area contributed by atoms with Gasteiger partial charge in [0.2, 0.25) is 11.8 Å². The van der Waals surface area contributed by atoms with Crippen molar-refractivity contribution in [3.63, 3.8) is 0 Å². The number of sulfonamides is 1. The van der Waals surface area contributed by atoms with E-state index in [4.69, 9.17) is 16.3 Å². The Morgan fingerprint density at radius 1 is 1.00 bits per heavy atom. The molecule has 0 heterocycles. The second-order valence-electron chi connectivity index (χ2n) is 9.68. The number of nitrogens with zero attached hydrogens (tertiary/aromatic N) is 2. The molecule has 0 fully saturated rings. The molecule has 0 aliphatic carbocycles. The molecule has 0 bridgehead atoms. The van der Waals surface area contributed by atoms with E-state index in [0.717, 1.165) is 21.9 Å². The first-order valence-electron chi connectivity index (χ1n) is 13.7. The summed E-state index contributed by atoms with van der Waals surface area (Å²) in [5, 5.41) is 3.17. The van der Waals surface area contributed by atoms with Crippen LogP contribution in [0.5, 0.6) is 5.75 Å². The third kappa shape index (κ3) is 8.24. The lowest BCUT2D eigenvalue weighted by Gasteiger charge is -2.33. The first-order valence-corrected chi connectivity index (χ1v) is 15.5. The molecule has 0 aliphatic rings. The number of benzene rings is 3. The van der Waals surface area contributed by atoms with Crippen LogP contribution in [-0.2, 0) is 26.0 Å². The molecule has 0 spiro atoms. The van der Waals surface area contributed by atoms with Gasteiger partial charge in [-0.3, -0.25) is 13.9 Å². The van der Waals surface area contributed by atoms with Gasteiger partial charge >= 0.3 is 0 Å². The topological polar surface area (TPSA) is 96.0 Å². The molecule has 0 aromatic heterocycles. The Hall–Kier alpha value is -3.56. The third-order valence-electron chi connectivity index (χ3n) is 6.72. The van der Waals surface area contributed by atoms with Crippen molar-refractivity contribution < 1.29 is 22.7 Å². The lowest BCUT2D eigenvalue weighted by molar-refractivity contribution is -0.139. The maximum atomic E-state index is 14.1. The zero-order valence-corrected chi connectivity index (χ0v) is 25.5. The largest absolute Gasteiger partial charge is 0.495 e. The molecule has 8 nitrogen and oxygen atoms in total. The van der Waals surface area contributed by atoms with Crippen molar-refractivity contribution in [3.8, 4) is 5.75 Å². The molecule has 0 saturated carbocycles. The minimum atomic E-state index is -4.24. The van der Waals surface area contributed by atoms with Gasteiger partial charge in [0.05, 0.1) is 17.7 Å². The number of carbonyl (C=O) groups is 2. The molecule has 2 amide bonds. The van der Waals surface area contributed by atoms with E-state index in [1.165, 1.54) is 30.2 Å². The number of aryl methyl sites for hydroxylation is 1. The van der Waals surface area contributed by atoms with Crippen molar-refractivity contribution in [3.05, 3.63) is 88.9 Å². The summed E-state index contributed by atoms with van der Waals surface area (Å²) in [6.45, 7) is 5.79. The average molecular weight is 600 g/mol. The van der Waals surface area contributed by atoms with Crippen molar-refractivity contribution in [2.45, 2.75) is 51.0 Å². The summed E-state index contributed by atoms with van der Waals surface area (Å²) in [4.78, 5) is 28.8. The highest BCUT2D eigenvalue weighted by Gasteiger charge is 2.34. The molecule has 0 unspecified atom stereocenters. The van der Waals surface area contributed by atoms with Gasteiger partial charge in [-0.15, -0.1) is 0 Å². The molecule has 1 atom stereocenters. The number of hydrogen-bond donors (Lipinski definition) is 1. The van der Waals surface area contributed by atoms with E-state index < -0.39 is 28.5 Å². The molecule has 1 N–H and O–H groups in total. The van der Waals surface area contributed by atoms with Crippen LogP contribution < -0.4 is 14.4 Å². The Kier molecular flexibility index (Phi) is 11.6. The van der Waals surface area contributed by atoms with Gasteiger partial charge in [0, 0.05) is 18.1 Å². The zero-order chi connectivity index (χ0) is 30.0. The number of halogens is 1. The number of carbonyl (C=O) groups excluding carboxylic acids is 2. The van der Waals surface area contributed by atoms with E-state index in [1.807, 2.05) is 51.1 Å². The van der Waals surface area contributed by atoms with Crippen LogP contribution in [0.2, 0.25) is 5.02 Å². The second kappa shape index (κ2) is 14.9. The number of ether oxygens (including phenoxy) is 1. The Morgan fingerprint density at radius 2 is 1.68 bits per heavy atom. The highest BCUT2D eigenvalue weighted by atomic mass is 35.5. The van der Waals surface area contributed by atoms with Gasteiger partial charge in [-0.1, -0.05) is 73.5 Å². The Labute approximate surface area is 248 Å². The van der Waals surface area contributed by atoms with Crippen molar-refractivity contribution in [1.29, 1.82) is 0 Å². The summed E-state index contributed by atoms with van der Waals surface area (Å²) in [7, 11) is -2.82. The minimum absolute atomic E-state index is 0.0153. The predicted octanol–water partition coefficient (Wildman–Crippen LogP) is 5.23. The second-order valence-corrected chi connectivity index (χ2v) is 12.0. The maximum absolute atomic E-state index is 14.1.